The second kappa shape index (κ2) is 13.6. The van der Waals surface area contributed by atoms with Crippen LogP contribution in [0, 0.1) is 17.6 Å². The average Bonchev–Trinajstić information content (AvgIpc) is 3.77. The van der Waals surface area contributed by atoms with Crippen LogP contribution in [0.3, 0.4) is 0 Å². The molecule has 2 aliphatic carbocycles. The normalized spacial score (nSPS) is 18.0. The topological polar surface area (TPSA) is 149 Å². The molecule has 0 bridgehead atoms. The Morgan fingerprint density at radius 2 is 1.82 bits per heavy atom. The molecule has 1 saturated carbocycles. The third-order valence-corrected chi connectivity index (χ3v) is 11.6. The van der Waals surface area contributed by atoms with E-state index >= 15 is 8.78 Å². The van der Waals surface area contributed by atoms with Crippen LogP contribution in [0.4, 0.5) is 37.3 Å². The molecule has 8 rings (SSSR count). The lowest BCUT2D eigenvalue weighted by Crippen LogP contribution is -2.36. The van der Waals surface area contributed by atoms with E-state index in [1.165, 1.54) is 16.0 Å². The van der Waals surface area contributed by atoms with Gasteiger partial charge in [0, 0.05) is 42.3 Å². The van der Waals surface area contributed by atoms with Gasteiger partial charge in [-0.15, -0.1) is 0 Å². The number of nitrogens with zero attached hydrogens (tertiary/aromatic N) is 6. The zero-order valence-corrected chi connectivity index (χ0v) is 31.6. The van der Waals surface area contributed by atoms with Gasteiger partial charge in [-0.3, -0.25) is 14.2 Å². The van der Waals surface area contributed by atoms with E-state index in [0.717, 1.165) is 12.1 Å². The molecule has 2 aliphatic rings. The van der Waals surface area contributed by atoms with Gasteiger partial charge in [0.05, 0.1) is 38.0 Å². The molecule has 19 heteroatoms. The summed E-state index contributed by atoms with van der Waals surface area (Å²) in [6.45, 7) is 2.52. The average molecular weight is 818 g/mol. The lowest BCUT2D eigenvalue weighted by atomic mass is 9.73. The number of nitrogens with two attached hydrogens (primary N) is 1. The Morgan fingerprint density at radius 3 is 2.48 bits per heavy atom. The van der Waals surface area contributed by atoms with Crippen molar-refractivity contribution in [3.63, 3.8) is 0 Å². The van der Waals surface area contributed by atoms with Gasteiger partial charge in [0.1, 0.15) is 29.6 Å². The highest BCUT2D eigenvalue weighted by Gasteiger charge is 2.62. The number of alkyl halides is 4. The number of fused-ring (bicyclic) bond motifs is 5. The maximum atomic E-state index is 15.6. The van der Waals surface area contributed by atoms with Crippen molar-refractivity contribution in [2.24, 2.45) is 13.0 Å². The number of pyridine rings is 1. The van der Waals surface area contributed by atoms with Crippen LogP contribution in [0.5, 0.6) is 0 Å². The first-order chi connectivity index (χ1) is 26.4. The number of nitrogen functional groups attached to an aromatic ring is 1. The van der Waals surface area contributed by atoms with Crippen LogP contribution in [0.25, 0.3) is 32.4 Å². The number of carbonyl (C=O) groups is 1. The molecule has 4 heterocycles. The van der Waals surface area contributed by atoms with Gasteiger partial charge in [-0.25, -0.2) is 27.5 Å². The summed E-state index contributed by atoms with van der Waals surface area (Å²) in [5.41, 5.74) is 5.36. The van der Waals surface area contributed by atoms with Gasteiger partial charge in [0.25, 0.3) is 12.3 Å². The molecule has 3 atom stereocenters. The molecule has 0 saturated heterocycles. The fourth-order valence-corrected chi connectivity index (χ4v) is 8.94. The van der Waals surface area contributed by atoms with E-state index < -0.39 is 71.3 Å². The Kier molecular flexibility index (Phi) is 9.23. The molecular weight excluding hydrogens is 784 g/mol. The predicted octanol–water partition coefficient (Wildman–Crippen LogP) is 7.77. The highest BCUT2D eigenvalue weighted by atomic mass is 35.5. The van der Waals surface area contributed by atoms with Gasteiger partial charge in [-0.2, -0.15) is 19.0 Å². The quantitative estimate of drug-likeness (QED) is 0.0970. The molecule has 0 spiro atoms. The molecule has 0 aliphatic heterocycles. The summed E-state index contributed by atoms with van der Waals surface area (Å²) in [7, 11) is 1.66. The number of benzene rings is 2. The highest BCUT2D eigenvalue weighted by molar-refractivity contribution is 7.22. The third kappa shape index (κ3) is 6.60. The van der Waals surface area contributed by atoms with Crippen LogP contribution < -0.4 is 16.4 Å². The number of aromatic nitrogens is 6. The monoisotopic (exact) mass is 817 g/mol. The number of nitrogens with one attached hydrogen (secondary N) is 2. The number of thiazole rings is 1. The smallest absolute Gasteiger partial charge is 0.293 e. The van der Waals surface area contributed by atoms with Gasteiger partial charge in [-0.05, 0) is 68.9 Å². The summed E-state index contributed by atoms with van der Waals surface area (Å²) in [4.78, 5) is 23.5. The van der Waals surface area contributed by atoms with Crippen LogP contribution in [-0.2, 0) is 30.7 Å². The lowest BCUT2D eigenvalue weighted by Gasteiger charge is -2.34. The summed E-state index contributed by atoms with van der Waals surface area (Å²) in [6, 6.07) is 6.69. The van der Waals surface area contributed by atoms with Crippen LogP contribution in [-0.4, -0.2) is 52.7 Å². The molecule has 1 fully saturated rings. The van der Waals surface area contributed by atoms with E-state index in [9.17, 15) is 27.5 Å². The summed E-state index contributed by atoms with van der Waals surface area (Å²) >= 11 is 7.80. The van der Waals surface area contributed by atoms with Crippen LogP contribution in [0.1, 0.15) is 73.3 Å². The minimum Gasteiger partial charge on any atom is -0.389 e. The standard InChI is InChI=1S/C37H34ClF6N9O2S/c1-36(2,55)14-46-35-49-34-24(56-35)12-20(18-5-7-22(38)27-30(18)52(3)51-33(27)45)28(48-34)23(10-15-8-16(39)11-17(40)9-15)47-25(54)13-53-31-26(29(50-53)32(41)42)19-4-6-21(19)37(31,43)44/h5,7-9,11-12,19,21,23,32,55H,4,6,10,13-14H2,1-3H3,(H2,45,51)(H,47,54)(H,46,48,49)/t19-,21+,23-/m0/s1. The first-order valence-corrected chi connectivity index (χ1v) is 18.8. The summed E-state index contributed by atoms with van der Waals surface area (Å²) in [5, 5.41) is 25.5. The third-order valence-electron chi connectivity index (χ3n) is 10.3. The molecule has 2 aromatic carbocycles. The Morgan fingerprint density at radius 1 is 1.09 bits per heavy atom. The molecule has 0 unspecified atom stereocenters. The van der Waals surface area contributed by atoms with Crippen molar-refractivity contribution in [1.82, 2.24) is 34.8 Å². The van der Waals surface area contributed by atoms with Crippen molar-refractivity contribution >= 4 is 61.0 Å². The second-order valence-corrected chi connectivity index (χ2v) is 16.3. The number of aliphatic hydroxyl groups is 1. The first-order valence-electron chi connectivity index (χ1n) is 17.6. The number of anilines is 2. The van der Waals surface area contributed by atoms with Crippen molar-refractivity contribution in [3.05, 3.63) is 81.3 Å². The molecule has 5 N–H and O–H groups in total. The summed E-state index contributed by atoms with van der Waals surface area (Å²) in [6.07, 6.45) is -2.95. The molecule has 0 radical (unpaired) electrons. The van der Waals surface area contributed by atoms with Crippen molar-refractivity contribution in [2.45, 2.75) is 69.6 Å². The number of hydrogen-bond acceptors (Lipinski definition) is 9. The summed E-state index contributed by atoms with van der Waals surface area (Å²) in [5.74, 6) is -7.96. The number of hydrogen-bond donors (Lipinski definition) is 4. The molecular formula is C37H34ClF6N9O2S. The van der Waals surface area contributed by atoms with E-state index in [4.69, 9.17) is 22.3 Å². The van der Waals surface area contributed by atoms with Gasteiger partial charge >= 0.3 is 0 Å². The predicted molar refractivity (Wildman–Crippen MR) is 199 cm³/mol. The molecule has 1 amide bonds. The van der Waals surface area contributed by atoms with Crippen LogP contribution >= 0.6 is 22.9 Å². The Hall–Kier alpha value is -4.94. The number of carbonyl (C=O) groups excluding carboxylic acids is 1. The van der Waals surface area contributed by atoms with Crippen molar-refractivity contribution in [3.8, 4) is 11.1 Å². The van der Waals surface area contributed by atoms with E-state index in [-0.39, 0.29) is 47.7 Å². The van der Waals surface area contributed by atoms with Crippen LogP contribution in [0.2, 0.25) is 5.02 Å². The van der Waals surface area contributed by atoms with Gasteiger partial charge in [0.2, 0.25) is 5.91 Å². The maximum Gasteiger partial charge on any atom is 0.293 e. The molecule has 6 aromatic rings. The number of halogens is 7. The zero-order valence-electron chi connectivity index (χ0n) is 30.0. The fraction of sp³-hybridized carbons (Fsp3) is 0.378. The molecule has 4 aromatic heterocycles. The molecule has 11 nitrogen and oxygen atoms in total. The fourth-order valence-electron chi connectivity index (χ4n) is 7.85. The Labute approximate surface area is 323 Å². The summed E-state index contributed by atoms with van der Waals surface area (Å²) < 4.78 is 91.5. The van der Waals surface area contributed by atoms with Crippen LogP contribution in [0.15, 0.2) is 36.4 Å². The number of aryl methyl sites for hydroxylation is 1. The van der Waals surface area contributed by atoms with Crippen molar-refractivity contribution < 1.29 is 36.2 Å². The minimum absolute atomic E-state index is 0.112. The molecule has 56 heavy (non-hydrogen) atoms. The van der Waals surface area contributed by atoms with Gasteiger partial charge in [-0.1, -0.05) is 29.0 Å². The van der Waals surface area contributed by atoms with Crippen molar-refractivity contribution in [2.75, 3.05) is 17.6 Å². The first kappa shape index (κ1) is 38.0. The Balaban J connectivity index is 1.27. The zero-order chi connectivity index (χ0) is 40.0. The minimum atomic E-state index is -3.48. The van der Waals surface area contributed by atoms with Gasteiger partial charge < -0.3 is 21.5 Å². The van der Waals surface area contributed by atoms with E-state index in [0.29, 0.717) is 54.1 Å². The van der Waals surface area contributed by atoms with E-state index in [1.54, 1.807) is 39.1 Å². The SMILES string of the molecule is Cn1nc(N)c2c(Cl)ccc(-c3cc4sc(NCC(C)(C)O)nc4nc3[C@H](Cc3cc(F)cc(F)c3)NC(=O)Cn3nc(C(F)F)c4c3C(F)(F)[C@@H]3CC[C@H]43)c21. The van der Waals surface area contributed by atoms with E-state index in [2.05, 4.69) is 25.8 Å². The van der Waals surface area contributed by atoms with Gasteiger partial charge in [0.15, 0.2) is 16.6 Å². The Bertz CT molecular complexity index is 2530. The van der Waals surface area contributed by atoms with Crippen molar-refractivity contribution in [1.29, 1.82) is 0 Å². The second-order valence-electron chi connectivity index (χ2n) is 14.9. The number of rotatable bonds is 11. The highest BCUT2D eigenvalue weighted by Crippen LogP contribution is 2.63. The largest absolute Gasteiger partial charge is 0.389 e. The van der Waals surface area contributed by atoms with E-state index in [1.807, 2.05) is 0 Å². The molecule has 294 valence electrons. The number of amides is 1. The maximum absolute atomic E-state index is 15.6. The lowest BCUT2D eigenvalue weighted by molar-refractivity contribution is -0.123.